The van der Waals surface area contributed by atoms with Gasteiger partial charge >= 0.3 is 6.18 Å². The summed E-state index contributed by atoms with van der Waals surface area (Å²) in [6.45, 7) is 2.77. The van der Waals surface area contributed by atoms with Gasteiger partial charge in [0, 0.05) is 18.3 Å². The third kappa shape index (κ3) is 3.26. The van der Waals surface area contributed by atoms with Crippen LogP contribution in [0.1, 0.15) is 18.9 Å². The van der Waals surface area contributed by atoms with Crippen molar-refractivity contribution in [3.05, 3.63) is 36.0 Å². The Morgan fingerprint density at radius 3 is 2.68 bits per heavy atom. The predicted molar refractivity (Wildman–Crippen MR) is 71.3 cm³/mol. The summed E-state index contributed by atoms with van der Waals surface area (Å²) in [6, 6.07) is 5.56. The van der Waals surface area contributed by atoms with Crippen LogP contribution in [-0.2, 0) is 6.18 Å². The molecule has 2 aromatic rings. The average molecular weight is 286 g/mol. The number of nitrogens with zero attached hydrogens (tertiary/aromatic N) is 1. The molecule has 0 unspecified atom stereocenters. The molecular formula is C13H13F3N2S. The molecule has 0 amide bonds. The van der Waals surface area contributed by atoms with Gasteiger partial charge in [0.2, 0.25) is 0 Å². The van der Waals surface area contributed by atoms with Gasteiger partial charge in [-0.1, -0.05) is 36.5 Å². The highest BCUT2D eigenvalue weighted by Gasteiger charge is 2.33. The summed E-state index contributed by atoms with van der Waals surface area (Å²) in [5.41, 5.74) is -0.447. The fourth-order valence-corrected chi connectivity index (χ4v) is 2.54. The molecular weight excluding hydrogens is 273 g/mol. The molecule has 0 aliphatic rings. The molecule has 6 heteroatoms. The van der Waals surface area contributed by atoms with Gasteiger partial charge in [-0.2, -0.15) is 13.2 Å². The molecule has 1 aromatic heterocycles. The van der Waals surface area contributed by atoms with Crippen LogP contribution in [0.5, 0.6) is 0 Å². The second-order valence-corrected chi connectivity index (χ2v) is 5.03. The van der Waals surface area contributed by atoms with Crippen molar-refractivity contribution in [2.75, 3.05) is 11.9 Å². The van der Waals surface area contributed by atoms with E-state index in [9.17, 15) is 13.2 Å². The Kier molecular flexibility index (Phi) is 4.09. The lowest BCUT2D eigenvalue weighted by atomic mass is 10.1. The van der Waals surface area contributed by atoms with Crippen molar-refractivity contribution in [3.8, 4) is 10.4 Å². The predicted octanol–water partition coefficient (Wildman–Crippen LogP) is 4.65. The smallest absolute Gasteiger partial charge is 0.362 e. The Morgan fingerprint density at radius 1 is 1.26 bits per heavy atom. The first kappa shape index (κ1) is 13.9. The lowest BCUT2D eigenvalue weighted by molar-refractivity contribution is -0.137. The maximum Gasteiger partial charge on any atom is 0.417 e. The summed E-state index contributed by atoms with van der Waals surface area (Å²) >= 11 is 1.23. The van der Waals surface area contributed by atoms with Crippen LogP contribution in [0, 0.1) is 0 Å². The fraction of sp³-hybridized carbons (Fsp3) is 0.308. The molecule has 0 saturated heterocycles. The lowest BCUT2D eigenvalue weighted by Crippen LogP contribution is -2.06. The SMILES string of the molecule is CCCNc1ncc(-c2ccccc2C(F)(F)F)s1. The van der Waals surface area contributed by atoms with Gasteiger partial charge in [-0.3, -0.25) is 0 Å². The molecule has 0 bridgehead atoms. The van der Waals surface area contributed by atoms with Gasteiger partial charge in [0.25, 0.3) is 0 Å². The summed E-state index contributed by atoms with van der Waals surface area (Å²) in [6.07, 6.45) is -1.93. The van der Waals surface area contributed by atoms with Gasteiger partial charge in [-0.25, -0.2) is 4.98 Å². The van der Waals surface area contributed by atoms with Crippen LogP contribution >= 0.6 is 11.3 Å². The molecule has 0 aliphatic carbocycles. The average Bonchev–Trinajstić information content (AvgIpc) is 2.84. The summed E-state index contributed by atoms with van der Waals surface area (Å²) < 4.78 is 38.7. The second-order valence-electron chi connectivity index (χ2n) is 4.00. The zero-order chi connectivity index (χ0) is 13.9. The Balaban J connectivity index is 2.34. The van der Waals surface area contributed by atoms with E-state index in [0.29, 0.717) is 10.0 Å². The van der Waals surface area contributed by atoms with Crippen molar-refractivity contribution >= 4 is 16.5 Å². The van der Waals surface area contributed by atoms with Crippen molar-refractivity contribution < 1.29 is 13.2 Å². The van der Waals surface area contributed by atoms with Crippen LogP contribution in [0.25, 0.3) is 10.4 Å². The lowest BCUT2D eigenvalue weighted by Gasteiger charge is -2.10. The number of benzene rings is 1. The number of hydrogen-bond acceptors (Lipinski definition) is 3. The minimum atomic E-state index is -4.35. The van der Waals surface area contributed by atoms with Crippen molar-refractivity contribution in [2.45, 2.75) is 19.5 Å². The monoisotopic (exact) mass is 286 g/mol. The number of hydrogen-bond donors (Lipinski definition) is 1. The van der Waals surface area contributed by atoms with Gasteiger partial charge in [0.05, 0.1) is 10.4 Å². The van der Waals surface area contributed by atoms with Gasteiger partial charge in [-0.05, 0) is 12.5 Å². The topological polar surface area (TPSA) is 24.9 Å². The van der Waals surface area contributed by atoms with Gasteiger partial charge in [0.1, 0.15) is 0 Å². The van der Waals surface area contributed by atoms with E-state index in [2.05, 4.69) is 10.3 Å². The molecule has 19 heavy (non-hydrogen) atoms. The highest BCUT2D eigenvalue weighted by Crippen LogP contribution is 2.39. The quantitative estimate of drug-likeness (QED) is 0.884. The number of rotatable bonds is 4. The molecule has 0 aliphatic heterocycles. The van der Waals surface area contributed by atoms with Crippen LogP contribution in [0.2, 0.25) is 0 Å². The van der Waals surface area contributed by atoms with E-state index in [0.717, 1.165) is 19.0 Å². The zero-order valence-electron chi connectivity index (χ0n) is 10.3. The summed E-state index contributed by atoms with van der Waals surface area (Å²) in [5.74, 6) is 0. The van der Waals surface area contributed by atoms with E-state index in [4.69, 9.17) is 0 Å². The number of halogens is 3. The molecule has 0 spiro atoms. The molecule has 102 valence electrons. The van der Waals surface area contributed by atoms with Gasteiger partial charge in [-0.15, -0.1) is 0 Å². The molecule has 0 atom stereocenters. The van der Waals surface area contributed by atoms with Crippen LogP contribution in [0.3, 0.4) is 0 Å². The fourth-order valence-electron chi connectivity index (χ4n) is 1.66. The van der Waals surface area contributed by atoms with Crippen LogP contribution in [0.4, 0.5) is 18.3 Å². The molecule has 1 aromatic carbocycles. The highest BCUT2D eigenvalue weighted by atomic mass is 32.1. The van der Waals surface area contributed by atoms with E-state index in [1.807, 2.05) is 6.92 Å². The molecule has 0 radical (unpaired) electrons. The molecule has 0 fully saturated rings. The Morgan fingerprint density at radius 2 is 2.00 bits per heavy atom. The Bertz CT molecular complexity index is 549. The van der Waals surface area contributed by atoms with Crippen LogP contribution in [-0.4, -0.2) is 11.5 Å². The first-order valence-electron chi connectivity index (χ1n) is 5.88. The third-order valence-electron chi connectivity index (χ3n) is 2.53. The minimum Gasteiger partial charge on any atom is -0.362 e. The number of alkyl halides is 3. The molecule has 1 N–H and O–H groups in total. The van der Waals surface area contributed by atoms with E-state index < -0.39 is 11.7 Å². The number of aromatic nitrogens is 1. The van der Waals surface area contributed by atoms with Crippen molar-refractivity contribution in [1.82, 2.24) is 4.98 Å². The first-order valence-corrected chi connectivity index (χ1v) is 6.70. The summed E-state index contributed by atoms with van der Waals surface area (Å²) in [7, 11) is 0. The van der Waals surface area contributed by atoms with Gasteiger partial charge in [0.15, 0.2) is 5.13 Å². The molecule has 1 heterocycles. The maximum absolute atomic E-state index is 12.9. The largest absolute Gasteiger partial charge is 0.417 e. The summed E-state index contributed by atoms with van der Waals surface area (Å²) in [5, 5.41) is 3.72. The summed E-state index contributed by atoms with van der Waals surface area (Å²) in [4.78, 5) is 4.61. The molecule has 2 rings (SSSR count). The van der Waals surface area contributed by atoms with Crippen molar-refractivity contribution in [1.29, 1.82) is 0 Å². The number of nitrogens with one attached hydrogen (secondary N) is 1. The van der Waals surface area contributed by atoms with E-state index in [1.54, 1.807) is 6.07 Å². The van der Waals surface area contributed by atoms with Crippen molar-refractivity contribution in [2.24, 2.45) is 0 Å². The van der Waals surface area contributed by atoms with E-state index in [1.165, 1.54) is 29.7 Å². The van der Waals surface area contributed by atoms with Gasteiger partial charge < -0.3 is 5.32 Å². The van der Waals surface area contributed by atoms with E-state index in [-0.39, 0.29) is 5.56 Å². The Labute approximate surface area is 113 Å². The minimum absolute atomic E-state index is 0.178. The maximum atomic E-state index is 12.9. The third-order valence-corrected chi connectivity index (χ3v) is 3.52. The second kappa shape index (κ2) is 5.61. The number of thiazole rings is 1. The van der Waals surface area contributed by atoms with Crippen molar-refractivity contribution in [3.63, 3.8) is 0 Å². The molecule has 0 saturated carbocycles. The Hall–Kier alpha value is -1.56. The first-order chi connectivity index (χ1) is 9.02. The van der Waals surface area contributed by atoms with E-state index >= 15 is 0 Å². The number of anilines is 1. The molecule has 2 nitrogen and oxygen atoms in total. The highest BCUT2D eigenvalue weighted by molar-refractivity contribution is 7.18. The zero-order valence-corrected chi connectivity index (χ0v) is 11.1. The van der Waals surface area contributed by atoms with Crippen LogP contribution < -0.4 is 5.32 Å². The standard InChI is InChI=1S/C13H13F3N2S/c1-2-7-17-12-18-8-11(19-12)9-5-3-4-6-10(9)13(14,15)16/h3-6,8H,2,7H2,1H3,(H,17,18). The normalized spacial score (nSPS) is 11.6. The van der Waals surface area contributed by atoms with Crippen LogP contribution in [0.15, 0.2) is 30.5 Å².